The number of hydrogen-bond donors (Lipinski definition) is 3. The molecular formula is C10H18N2O4. The molecule has 92 valence electrons. The molecule has 6 heteroatoms. The number of hydrogen-bond acceptors (Lipinski definition) is 4. The van der Waals surface area contributed by atoms with Gasteiger partial charge in [-0.2, -0.15) is 0 Å². The van der Waals surface area contributed by atoms with Crippen molar-refractivity contribution in [3.05, 3.63) is 0 Å². The standard InChI is InChI=1S/C10H18N2O4/c1-9(2,3)16-8(15)12-10(7(13)14)4-6(10)5-11/h6H,4-5,11H2,1-3H3,(H,12,15)(H,13,14)/t6-,10+/m0/s1. The van der Waals surface area contributed by atoms with E-state index in [0.29, 0.717) is 6.42 Å². The highest BCUT2D eigenvalue weighted by Gasteiger charge is 2.61. The number of carbonyl (C=O) groups excluding carboxylic acids is 1. The molecule has 0 spiro atoms. The minimum Gasteiger partial charge on any atom is -0.479 e. The van der Waals surface area contributed by atoms with E-state index in [1.54, 1.807) is 20.8 Å². The fourth-order valence-electron chi connectivity index (χ4n) is 1.57. The molecule has 1 aliphatic carbocycles. The Labute approximate surface area is 94.1 Å². The molecule has 0 aromatic heterocycles. The smallest absolute Gasteiger partial charge is 0.408 e. The summed E-state index contributed by atoms with van der Waals surface area (Å²) < 4.78 is 5.00. The van der Waals surface area contributed by atoms with E-state index in [1.165, 1.54) is 0 Å². The molecule has 0 aromatic rings. The zero-order chi connectivity index (χ0) is 12.6. The van der Waals surface area contributed by atoms with Crippen LogP contribution in [-0.2, 0) is 9.53 Å². The van der Waals surface area contributed by atoms with E-state index in [2.05, 4.69) is 5.32 Å². The lowest BCUT2D eigenvalue weighted by Crippen LogP contribution is -2.47. The maximum atomic E-state index is 11.4. The lowest BCUT2D eigenvalue weighted by molar-refractivity contribution is -0.141. The largest absolute Gasteiger partial charge is 0.479 e. The third kappa shape index (κ3) is 2.63. The van der Waals surface area contributed by atoms with Gasteiger partial charge in [0.1, 0.15) is 11.1 Å². The van der Waals surface area contributed by atoms with Crippen LogP contribution in [0.5, 0.6) is 0 Å². The van der Waals surface area contributed by atoms with Gasteiger partial charge in [-0.25, -0.2) is 9.59 Å². The van der Waals surface area contributed by atoms with Crippen LogP contribution in [0, 0.1) is 5.92 Å². The fraction of sp³-hybridized carbons (Fsp3) is 0.800. The average molecular weight is 230 g/mol. The molecule has 0 saturated heterocycles. The van der Waals surface area contributed by atoms with E-state index >= 15 is 0 Å². The lowest BCUT2D eigenvalue weighted by atomic mass is 10.2. The minimum absolute atomic E-state index is 0.211. The van der Waals surface area contributed by atoms with Crippen molar-refractivity contribution in [3.63, 3.8) is 0 Å². The van der Waals surface area contributed by atoms with Crippen LogP contribution >= 0.6 is 0 Å². The Morgan fingerprint density at radius 3 is 2.44 bits per heavy atom. The Bertz CT molecular complexity index is 310. The van der Waals surface area contributed by atoms with Crippen molar-refractivity contribution in [3.8, 4) is 0 Å². The van der Waals surface area contributed by atoms with Crippen molar-refractivity contribution < 1.29 is 19.4 Å². The van der Waals surface area contributed by atoms with Crippen LogP contribution in [0.15, 0.2) is 0 Å². The van der Waals surface area contributed by atoms with E-state index in [9.17, 15) is 9.59 Å². The monoisotopic (exact) mass is 230 g/mol. The van der Waals surface area contributed by atoms with E-state index < -0.39 is 23.2 Å². The van der Waals surface area contributed by atoms with Crippen LogP contribution in [0.2, 0.25) is 0 Å². The lowest BCUT2D eigenvalue weighted by Gasteiger charge is -2.22. The number of nitrogens with two attached hydrogens (primary N) is 1. The Balaban J connectivity index is 2.59. The second-order valence-electron chi connectivity index (χ2n) is 5.04. The third-order valence-electron chi connectivity index (χ3n) is 2.50. The number of ether oxygens (including phenoxy) is 1. The zero-order valence-corrected chi connectivity index (χ0v) is 9.74. The first-order valence-corrected chi connectivity index (χ1v) is 5.16. The first kappa shape index (κ1) is 12.8. The number of carboxylic acids is 1. The molecule has 1 rings (SSSR count). The normalized spacial score (nSPS) is 28.4. The first-order valence-electron chi connectivity index (χ1n) is 5.16. The van der Waals surface area contributed by atoms with Crippen molar-refractivity contribution in [2.75, 3.05) is 6.54 Å². The van der Waals surface area contributed by atoms with Crippen molar-refractivity contribution in [1.82, 2.24) is 5.32 Å². The van der Waals surface area contributed by atoms with Gasteiger partial charge in [-0.3, -0.25) is 0 Å². The maximum absolute atomic E-state index is 11.4. The second-order valence-corrected chi connectivity index (χ2v) is 5.04. The van der Waals surface area contributed by atoms with E-state index in [-0.39, 0.29) is 12.5 Å². The van der Waals surface area contributed by atoms with Gasteiger partial charge in [-0.1, -0.05) is 0 Å². The summed E-state index contributed by atoms with van der Waals surface area (Å²) in [4.78, 5) is 22.5. The molecule has 1 fully saturated rings. The Hall–Kier alpha value is -1.30. The average Bonchev–Trinajstić information content (AvgIpc) is 2.76. The summed E-state index contributed by atoms with van der Waals surface area (Å²) in [6, 6.07) is 0. The van der Waals surface area contributed by atoms with Crippen molar-refractivity contribution in [2.24, 2.45) is 11.7 Å². The summed E-state index contributed by atoms with van der Waals surface area (Å²) in [6.45, 7) is 5.39. The Morgan fingerprint density at radius 1 is 1.56 bits per heavy atom. The quantitative estimate of drug-likeness (QED) is 0.647. The number of carboxylic acid groups (broad SMARTS) is 1. The molecular weight excluding hydrogens is 212 g/mol. The summed E-state index contributed by atoms with van der Waals surface area (Å²) in [5, 5.41) is 11.4. The second kappa shape index (κ2) is 3.93. The molecule has 0 radical (unpaired) electrons. The predicted octanol–water partition coefficient (Wildman–Crippen LogP) is 0.313. The van der Waals surface area contributed by atoms with Crippen molar-refractivity contribution in [1.29, 1.82) is 0 Å². The minimum atomic E-state index is -1.23. The predicted molar refractivity (Wildman–Crippen MR) is 56.9 cm³/mol. The van der Waals surface area contributed by atoms with E-state index in [4.69, 9.17) is 15.6 Å². The van der Waals surface area contributed by atoms with Crippen LogP contribution in [0.25, 0.3) is 0 Å². The van der Waals surface area contributed by atoms with Gasteiger partial charge < -0.3 is 20.9 Å². The molecule has 6 nitrogen and oxygen atoms in total. The van der Waals surface area contributed by atoms with E-state index in [1.807, 2.05) is 0 Å². The molecule has 16 heavy (non-hydrogen) atoms. The van der Waals surface area contributed by atoms with Crippen LogP contribution < -0.4 is 11.1 Å². The topological polar surface area (TPSA) is 102 Å². The number of aliphatic carboxylic acids is 1. The molecule has 0 aromatic carbocycles. The Morgan fingerprint density at radius 2 is 2.12 bits per heavy atom. The highest BCUT2D eigenvalue weighted by Crippen LogP contribution is 2.43. The summed E-state index contributed by atoms with van der Waals surface area (Å²) >= 11 is 0. The SMILES string of the molecule is CC(C)(C)OC(=O)N[C@]1(C(=O)O)C[C@H]1CN. The first-order chi connectivity index (χ1) is 7.21. The van der Waals surface area contributed by atoms with Crippen molar-refractivity contribution >= 4 is 12.1 Å². The molecule has 0 bridgehead atoms. The summed E-state index contributed by atoms with van der Waals surface area (Å²) in [5.41, 5.74) is 3.53. The number of carbonyl (C=O) groups is 2. The van der Waals surface area contributed by atoms with Gasteiger partial charge >= 0.3 is 12.1 Å². The molecule has 1 aliphatic rings. The Kier molecular flexibility index (Phi) is 3.14. The van der Waals surface area contributed by atoms with Crippen LogP contribution in [0.4, 0.5) is 4.79 Å². The van der Waals surface area contributed by atoms with Gasteiger partial charge in [0.25, 0.3) is 0 Å². The van der Waals surface area contributed by atoms with Gasteiger partial charge in [0.05, 0.1) is 0 Å². The molecule has 2 atom stereocenters. The number of rotatable bonds is 3. The number of nitrogens with one attached hydrogen (secondary N) is 1. The van der Waals surface area contributed by atoms with Gasteiger partial charge in [-0.15, -0.1) is 0 Å². The molecule has 4 N–H and O–H groups in total. The van der Waals surface area contributed by atoms with Crippen molar-refractivity contribution in [2.45, 2.75) is 38.3 Å². The third-order valence-corrected chi connectivity index (χ3v) is 2.50. The molecule has 0 unspecified atom stereocenters. The highest BCUT2D eigenvalue weighted by molar-refractivity contribution is 5.88. The van der Waals surface area contributed by atoms with E-state index in [0.717, 1.165) is 0 Å². The highest BCUT2D eigenvalue weighted by atomic mass is 16.6. The van der Waals surface area contributed by atoms with Crippen LogP contribution in [0.3, 0.4) is 0 Å². The number of amides is 1. The summed E-state index contributed by atoms with van der Waals surface area (Å²) in [5.74, 6) is -1.27. The molecule has 0 aliphatic heterocycles. The zero-order valence-electron chi connectivity index (χ0n) is 9.74. The van der Waals surface area contributed by atoms with Crippen LogP contribution in [-0.4, -0.2) is 34.9 Å². The molecule has 0 heterocycles. The van der Waals surface area contributed by atoms with Gasteiger partial charge in [0.2, 0.25) is 0 Å². The van der Waals surface area contributed by atoms with Crippen LogP contribution in [0.1, 0.15) is 27.2 Å². The van der Waals surface area contributed by atoms with Gasteiger partial charge in [-0.05, 0) is 33.7 Å². The van der Waals surface area contributed by atoms with Gasteiger partial charge in [0.15, 0.2) is 0 Å². The summed E-state index contributed by atoms with van der Waals surface area (Å²) in [6.07, 6.45) is -0.358. The number of alkyl carbamates (subject to hydrolysis) is 1. The molecule has 1 saturated carbocycles. The molecule has 1 amide bonds. The van der Waals surface area contributed by atoms with Gasteiger partial charge in [0, 0.05) is 5.92 Å². The fourth-order valence-corrected chi connectivity index (χ4v) is 1.57. The maximum Gasteiger partial charge on any atom is 0.408 e. The summed E-state index contributed by atoms with van der Waals surface area (Å²) in [7, 11) is 0.